The van der Waals surface area contributed by atoms with E-state index in [9.17, 15) is 14.7 Å². The van der Waals surface area contributed by atoms with Crippen molar-refractivity contribution in [2.75, 3.05) is 0 Å². The number of aliphatic hydroxyl groups is 1. The highest BCUT2D eigenvalue weighted by molar-refractivity contribution is 6.01. The standard InChI is InChI=1S/C22H30O3/c1-4-18(24)17-8-7-16-15-6-5-13-11-14(23)9-10-21(13,2)20(15)19(25)12-22(16,17)3/h9-11,15-17,19-20,25H,4-8,12H2,1-3H3. The number of ketones is 2. The molecule has 0 saturated heterocycles. The Morgan fingerprint density at radius 3 is 2.76 bits per heavy atom. The van der Waals surface area contributed by atoms with Gasteiger partial charge in [-0.2, -0.15) is 0 Å². The summed E-state index contributed by atoms with van der Waals surface area (Å²) in [5, 5.41) is 11.2. The molecule has 0 aromatic heterocycles. The van der Waals surface area contributed by atoms with Gasteiger partial charge in [0.05, 0.1) is 6.10 Å². The minimum Gasteiger partial charge on any atom is -0.393 e. The van der Waals surface area contributed by atoms with E-state index >= 15 is 0 Å². The number of fused-ring (bicyclic) bond motifs is 5. The molecule has 4 rings (SSSR count). The van der Waals surface area contributed by atoms with Crippen LogP contribution in [0.25, 0.3) is 0 Å². The molecule has 3 heteroatoms. The van der Waals surface area contributed by atoms with E-state index in [1.807, 2.05) is 6.92 Å². The van der Waals surface area contributed by atoms with Gasteiger partial charge in [0.1, 0.15) is 5.78 Å². The minimum atomic E-state index is -0.400. The van der Waals surface area contributed by atoms with E-state index in [0.717, 1.165) is 32.1 Å². The molecule has 4 aliphatic carbocycles. The predicted octanol–water partition coefficient (Wildman–Crippen LogP) is 3.86. The average Bonchev–Trinajstić information content (AvgIpc) is 2.91. The molecular formula is C22H30O3. The van der Waals surface area contributed by atoms with Crippen LogP contribution in [-0.2, 0) is 9.59 Å². The topological polar surface area (TPSA) is 54.4 Å². The number of Topliss-reactive ketones (excluding diaryl/α,β-unsaturated/α-hetero) is 1. The molecule has 25 heavy (non-hydrogen) atoms. The molecule has 0 aromatic rings. The van der Waals surface area contributed by atoms with Gasteiger partial charge in [0.15, 0.2) is 5.78 Å². The zero-order chi connectivity index (χ0) is 18.0. The Morgan fingerprint density at radius 2 is 2.04 bits per heavy atom. The summed E-state index contributed by atoms with van der Waals surface area (Å²) in [4.78, 5) is 24.4. The number of aliphatic hydroxyl groups excluding tert-OH is 1. The summed E-state index contributed by atoms with van der Waals surface area (Å²) < 4.78 is 0. The fraction of sp³-hybridized carbons (Fsp3) is 0.727. The molecule has 3 saturated carbocycles. The lowest BCUT2D eigenvalue weighted by molar-refractivity contribution is -0.138. The Labute approximate surface area is 150 Å². The van der Waals surface area contributed by atoms with Gasteiger partial charge in [0.25, 0.3) is 0 Å². The first kappa shape index (κ1) is 17.2. The second-order valence-corrected chi connectivity index (χ2v) is 9.25. The quantitative estimate of drug-likeness (QED) is 0.829. The summed E-state index contributed by atoms with van der Waals surface area (Å²) >= 11 is 0. The van der Waals surface area contributed by atoms with Crippen LogP contribution in [0.4, 0.5) is 0 Å². The number of allylic oxidation sites excluding steroid dienone is 4. The van der Waals surface area contributed by atoms with E-state index in [1.165, 1.54) is 5.57 Å². The van der Waals surface area contributed by atoms with E-state index in [-0.39, 0.29) is 28.4 Å². The maximum atomic E-state index is 12.5. The second-order valence-electron chi connectivity index (χ2n) is 9.25. The van der Waals surface area contributed by atoms with E-state index in [4.69, 9.17) is 0 Å². The first-order chi connectivity index (χ1) is 11.8. The fourth-order valence-corrected chi connectivity index (χ4v) is 7.10. The predicted molar refractivity (Wildman–Crippen MR) is 96.8 cm³/mol. The molecule has 0 spiro atoms. The third-order valence-corrected chi connectivity index (χ3v) is 8.23. The van der Waals surface area contributed by atoms with E-state index in [0.29, 0.717) is 24.0 Å². The molecular weight excluding hydrogens is 312 g/mol. The van der Waals surface area contributed by atoms with E-state index < -0.39 is 6.10 Å². The summed E-state index contributed by atoms with van der Waals surface area (Å²) in [6, 6.07) is 0. The van der Waals surface area contributed by atoms with Crippen molar-refractivity contribution in [2.45, 2.75) is 65.4 Å². The van der Waals surface area contributed by atoms with Crippen LogP contribution >= 0.6 is 0 Å². The van der Waals surface area contributed by atoms with Crippen molar-refractivity contribution in [3.05, 3.63) is 23.8 Å². The SMILES string of the molecule is CCC(=O)C1CCC2C3CCC4=CC(=O)C=CC4(C)C3C(O)CC12C. The van der Waals surface area contributed by atoms with Crippen molar-refractivity contribution in [3.8, 4) is 0 Å². The highest BCUT2D eigenvalue weighted by Gasteiger charge is 2.62. The minimum absolute atomic E-state index is 0.0561. The molecule has 7 unspecified atom stereocenters. The van der Waals surface area contributed by atoms with Crippen molar-refractivity contribution in [1.82, 2.24) is 0 Å². The first-order valence-electron chi connectivity index (χ1n) is 9.96. The normalized spacial score (nSPS) is 48.4. The lowest BCUT2D eigenvalue weighted by Gasteiger charge is -2.58. The number of rotatable bonds is 2. The fourth-order valence-electron chi connectivity index (χ4n) is 7.10. The zero-order valence-corrected chi connectivity index (χ0v) is 15.6. The second kappa shape index (κ2) is 5.64. The van der Waals surface area contributed by atoms with Crippen LogP contribution in [-0.4, -0.2) is 22.8 Å². The highest BCUT2D eigenvalue weighted by atomic mass is 16.3. The molecule has 0 bridgehead atoms. The molecule has 0 amide bonds. The molecule has 136 valence electrons. The molecule has 4 aliphatic rings. The van der Waals surface area contributed by atoms with Crippen LogP contribution in [0.5, 0.6) is 0 Å². The maximum Gasteiger partial charge on any atom is 0.178 e. The maximum absolute atomic E-state index is 12.5. The van der Waals surface area contributed by atoms with Crippen LogP contribution in [0.3, 0.4) is 0 Å². The summed E-state index contributed by atoms with van der Waals surface area (Å²) in [5.74, 6) is 1.71. The largest absolute Gasteiger partial charge is 0.393 e. The van der Waals surface area contributed by atoms with Gasteiger partial charge in [-0.3, -0.25) is 9.59 Å². The van der Waals surface area contributed by atoms with Crippen LogP contribution < -0.4 is 0 Å². The Morgan fingerprint density at radius 1 is 1.28 bits per heavy atom. The summed E-state index contributed by atoms with van der Waals surface area (Å²) in [6.45, 7) is 6.42. The molecule has 0 radical (unpaired) electrons. The molecule has 0 heterocycles. The van der Waals surface area contributed by atoms with Gasteiger partial charge >= 0.3 is 0 Å². The van der Waals surface area contributed by atoms with Gasteiger partial charge in [-0.1, -0.05) is 32.4 Å². The third kappa shape index (κ3) is 2.27. The molecule has 3 nitrogen and oxygen atoms in total. The zero-order valence-electron chi connectivity index (χ0n) is 15.6. The Balaban J connectivity index is 1.71. The molecule has 7 atom stereocenters. The van der Waals surface area contributed by atoms with Gasteiger partial charge in [-0.25, -0.2) is 0 Å². The van der Waals surface area contributed by atoms with Crippen molar-refractivity contribution in [3.63, 3.8) is 0 Å². The van der Waals surface area contributed by atoms with Gasteiger partial charge in [0.2, 0.25) is 0 Å². The number of hydrogen-bond acceptors (Lipinski definition) is 3. The van der Waals surface area contributed by atoms with Gasteiger partial charge < -0.3 is 5.11 Å². The third-order valence-electron chi connectivity index (χ3n) is 8.23. The highest BCUT2D eigenvalue weighted by Crippen LogP contribution is 2.66. The Kier molecular flexibility index (Phi) is 3.88. The summed E-state index contributed by atoms with van der Waals surface area (Å²) in [7, 11) is 0. The Hall–Kier alpha value is -1.22. The van der Waals surface area contributed by atoms with Crippen LogP contribution in [0.2, 0.25) is 0 Å². The van der Waals surface area contributed by atoms with Crippen LogP contribution in [0.1, 0.15) is 59.3 Å². The van der Waals surface area contributed by atoms with E-state index in [1.54, 1.807) is 12.2 Å². The molecule has 3 fully saturated rings. The molecule has 0 aliphatic heterocycles. The lowest BCUT2D eigenvalue weighted by Crippen LogP contribution is -2.56. The van der Waals surface area contributed by atoms with Crippen LogP contribution in [0, 0.1) is 34.5 Å². The Bertz CT molecular complexity index is 675. The number of hydrogen-bond donors (Lipinski definition) is 1. The van der Waals surface area contributed by atoms with Crippen molar-refractivity contribution in [1.29, 1.82) is 0 Å². The smallest absolute Gasteiger partial charge is 0.178 e. The average molecular weight is 342 g/mol. The molecule has 1 N–H and O–H groups in total. The molecule has 0 aromatic carbocycles. The van der Waals surface area contributed by atoms with Crippen molar-refractivity contribution >= 4 is 11.6 Å². The summed E-state index contributed by atoms with van der Waals surface area (Å²) in [5.41, 5.74) is 0.937. The van der Waals surface area contributed by atoms with E-state index in [2.05, 4.69) is 19.9 Å². The van der Waals surface area contributed by atoms with Gasteiger partial charge in [-0.05, 0) is 61.5 Å². The monoisotopic (exact) mass is 342 g/mol. The lowest BCUT2D eigenvalue weighted by atomic mass is 9.46. The van der Waals surface area contributed by atoms with Gasteiger partial charge in [0, 0.05) is 23.7 Å². The first-order valence-corrected chi connectivity index (χ1v) is 9.96. The number of carbonyl (C=O) groups is 2. The van der Waals surface area contributed by atoms with Gasteiger partial charge in [-0.15, -0.1) is 0 Å². The van der Waals surface area contributed by atoms with Crippen molar-refractivity contribution in [2.24, 2.45) is 34.5 Å². The van der Waals surface area contributed by atoms with Crippen LogP contribution in [0.15, 0.2) is 23.8 Å². The summed E-state index contributed by atoms with van der Waals surface area (Å²) in [6.07, 6.45) is 10.5. The number of carbonyl (C=O) groups excluding carboxylic acids is 2. The van der Waals surface area contributed by atoms with Crippen molar-refractivity contribution < 1.29 is 14.7 Å².